The molecule has 0 saturated heterocycles. The minimum Gasteiger partial charge on any atom is -0.382 e. The first-order valence-corrected chi connectivity index (χ1v) is 5.92. The van der Waals surface area contributed by atoms with Gasteiger partial charge in [0.05, 0.1) is 29.0 Å². The molecule has 102 valence electrons. The second-order valence-electron chi connectivity index (χ2n) is 3.90. The highest BCUT2D eigenvalue weighted by Gasteiger charge is 2.32. The van der Waals surface area contributed by atoms with Gasteiger partial charge in [0.1, 0.15) is 0 Å². The van der Waals surface area contributed by atoms with Crippen molar-refractivity contribution in [3.05, 3.63) is 47.2 Å². The third-order valence-electron chi connectivity index (χ3n) is 2.49. The third kappa shape index (κ3) is 3.64. The van der Waals surface area contributed by atoms with E-state index in [-0.39, 0.29) is 0 Å². The highest BCUT2D eigenvalue weighted by molar-refractivity contribution is 6.33. The number of halogens is 4. The average molecular weight is 290 g/mol. The van der Waals surface area contributed by atoms with Crippen LogP contribution in [0.3, 0.4) is 0 Å². The number of nitrogens with zero attached hydrogens (tertiary/aromatic N) is 2. The number of benzene rings is 1. The summed E-state index contributed by atoms with van der Waals surface area (Å²) < 4.78 is 38.3. The van der Waals surface area contributed by atoms with Crippen LogP contribution in [0.2, 0.25) is 5.02 Å². The van der Waals surface area contributed by atoms with Crippen LogP contribution < -0.4 is 5.32 Å². The van der Waals surface area contributed by atoms with Gasteiger partial charge in [-0.3, -0.25) is 4.68 Å². The molecule has 0 aliphatic carbocycles. The van der Waals surface area contributed by atoms with Crippen LogP contribution in [0.15, 0.2) is 36.7 Å². The van der Waals surface area contributed by atoms with Crippen molar-refractivity contribution in [1.82, 2.24) is 9.78 Å². The minimum absolute atomic E-state index is 0.321. The average Bonchev–Trinajstić information content (AvgIpc) is 2.80. The molecule has 1 heterocycles. The zero-order valence-electron chi connectivity index (χ0n) is 9.78. The maximum absolute atomic E-state index is 12.4. The molecule has 0 fully saturated rings. The minimum atomic E-state index is -4.35. The van der Waals surface area contributed by atoms with Crippen LogP contribution in [0.1, 0.15) is 5.56 Å². The largest absolute Gasteiger partial charge is 0.419 e. The molecule has 0 unspecified atom stereocenters. The standard InChI is InChI=1S/C12H11ClF3N3/c13-10-3-1-2-4-11(10)17-5-6-19-8-9(7-18-19)12(14,15)16/h1-4,7-8,17H,5-6H2. The summed E-state index contributed by atoms with van der Waals surface area (Å²) in [6.45, 7) is 0.754. The molecular weight excluding hydrogens is 279 g/mol. The van der Waals surface area contributed by atoms with Gasteiger partial charge in [0.25, 0.3) is 0 Å². The molecule has 0 spiro atoms. The molecule has 0 radical (unpaired) electrons. The van der Waals surface area contributed by atoms with Gasteiger partial charge in [0.15, 0.2) is 0 Å². The van der Waals surface area contributed by atoms with E-state index in [0.29, 0.717) is 18.1 Å². The Labute approximate surface area is 113 Å². The van der Waals surface area contributed by atoms with Gasteiger partial charge in [-0.1, -0.05) is 23.7 Å². The first-order valence-electron chi connectivity index (χ1n) is 5.55. The topological polar surface area (TPSA) is 29.9 Å². The van der Waals surface area contributed by atoms with E-state index in [4.69, 9.17) is 11.6 Å². The molecule has 1 N–H and O–H groups in total. The number of anilines is 1. The van der Waals surface area contributed by atoms with Crippen molar-refractivity contribution >= 4 is 17.3 Å². The maximum atomic E-state index is 12.4. The molecule has 0 aliphatic rings. The SMILES string of the molecule is FC(F)(F)c1cnn(CCNc2ccccc2Cl)c1. The second-order valence-corrected chi connectivity index (χ2v) is 4.30. The van der Waals surface area contributed by atoms with Crippen molar-refractivity contribution in [3.8, 4) is 0 Å². The molecule has 1 aromatic heterocycles. The fourth-order valence-electron chi connectivity index (χ4n) is 1.54. The Bertz CT molecular complexity index is 551. The lowest BCUT2D eigenvalue weighted by Gasteiger charge is -2.08. The Hall–Kier alpha value is -1.69. The predicted octanol–water partition coefficient (Wildman–Crippen LogP) is 3.67. The molecule has 0 atom stereocenters. The zero-order chi connectivity index (χ0) is 13.9. The van der Waals surface area contributed by atoms with E-state index >= 15 is 0 Å². The summed E-state index contributed by atoms with van der Waals surface area (Å²) in [7, 11) is 0. The van der Waals surface area contributed by atoms with E-state index in [1.54, 1.807) is 18.2 Å². The highest BCUT2D eigenvalue weighted by atomic mass is 35.5. The summed E-state index contributed by atoms with van der Waals surface area (Å²) in [6.07, 6.45) is -2.56. The molecule has 2 aromatic rings. The van der Waals surface area contributed by atoms with Crippen molar-refractivity contribution in [3.63, 3.8) is 0 Å². The molecule has 2 rings (SSSR count). The predicted molar refractivity (Wildman–Crippen MR) is 67.2 cm³/mol. The van der Waals surface area contributed by atoms with Crippen LogP contribution in [0.4, 0.5) is 18.9 Å². The van der Waals surface area contributed by atoms with Gasteiger partial charge in [-0.25, -0.2) is 0 Å². The van der Waals surface area contributed by atoms with Crippen molar-refractivity contribution < 1.29 is 13.2 Å². The summed E-state index contributed by atoms with van der Waals surface area (Å²) in [6, 6.07) is 7.16. The first-order chi connectivity index (χ1) is 8.97. The zero-order valence-corrected chi connectivity index (χ0v) is 10.5. The number of hydrogen-bond acceptors (Lipinski definition) is 2. The summed E-state index contributed by atoms with van der Waals surface area (Å²) >= 11 is 5.94. The Kier molecular flexibility index (Phi) is 3.99. The number of alkyl halides is 3. The molecule has 0 bridgehead atoms. The molecule has 1 aromatic carbocycles. The highest BCUT2D eigenvalue weighted by Crippen LogP contribution is 2.28. The van der Waals surface area contributed by atoms with E-state index < -0.39 is 11.7 Å². The van der Waals surface area contributed by atoms with Gasteiger partial charge in [-0.2, -0.15) is 18.3 Å². The molecule has 19 heavy (non-hydrogen) atoms. The van der Waals surface area contributed by atoms with Crippen molar-refractivity contribution in [2.45, 2.75) is 12.7 Å². The Morgan fingerprint density at radius 1 is 1.26 bits per heavy atom. The number of nitrogens with one attached hydrogen (secondary N) is 1. The van der Waals surface area contributed by atoms with Crippen LogP contribution in [0.5, 0.6) is 0 Å². The van der Waals surface area contributed by atoms with Crippen LogP contribution in [-0.2, 0) is 12.7 Å². The second kappa shape index (κ2) is 5.52. The molecule has 0 aliphatic heterocycles. The molecule has 7 heteroatoms. The van der Waals surface area contributed by atoms with Gasteiger partial charge in [0, 0.05) is 12.7 Å². The summed E-state index contributed by atoms with van der Waals surface area (Å²) in [5.74, 6) is 0. The number of rotatable bonds is 4. The van der Waals surface area contributed by atoms with Gasteiger partial charge < -0.3 is 5.32 Å². The molecule has 3 nitrogen and oxygen atoms in total. The van der Waals surface area contributed by atoms with Gasteiger partial charge in [-0.05, 0) is 12.1 Å². The van der Waals surface area contributed by atoms with E-state index in [2.05, 4.69) is 10.4 Å². The summed E-state index contributed by atoms with van der Waals surface area (Å²) in [5.41, 5.74) is -0.00221. The monoisotopic (exact) mass is 289 g/mol. The van der Waals surface area contributed by atoms with Crippen LogP contribution >= 0.6 is 11.6 Å². The van der Waals surface area contributed by atoms with Crippen molar-refractivity contribution in [2.24, 2.45) is 0 Å². The molecule has 0 amide bonds. The van der Waals surface area contributed by atoms with E-state index in [1.807, 2.05) is 6.07 Å². The smallest absolute Gasteiger partial charge is 0.382 e. The normalized spacial score (nSPS) is 11.6. The number of aromatic nitrogens is 2. The number of hydrogen-bond donors (Lipinski definition) is 1. The lowest BCUT2D eigenvalue weighted by atomic mass is 10.3. The summed E-state index contributed by atoms with van der Waals surface area (Å²) in [4.78, 5) is 0. The third-order valence-corrected chi connectivity index (χ3v) is 2.82. The van der Waals surface area contributed by atoms with Crippen LogP contribution in [0.25, 0.3) is 0 Å². The molecular formula is C12H11ClF3N3. The maximum Gasteiger partial charge on any atom is 0.419 e. The fourth-order valence-corrected chi connectivity index (χ4v) is 1.74. The van der Waals surface area contributed by atoms with Crippen LogP contribution in [0, 0.1) is 0 Å². The van der Waals surface area contributed by atoms with Gasteiger partial charge >= 0.3 is 6.18 Å². The van der Waals surface area contributed by atoms with Crippen molar-refractivity contribution in [1.29, 1.82) is 0 Å². The van der Waals surface area contributed by atoms with Gasteiger partial charge in [0.2, 0.25) is 0 Å². The lowest BCUT2D eigenvalue weighted by molar-refractivity contribution is -0.137. The fraction of sp³-hybridized carbons (Fsp3) is 0.250. The van der Waals surface area contributed by atoms with Crippen molar-refractivity contribution in [2.75, 3.05) is 11.9 Å². The quantitative estimate of drug-likeness (QED) is 0.931. The lowest BCUT2D eigenvalue weighted by Crippen LogP contribution is -2.11. The van der Waals surface area contributed by atoms with Crippen LogP contribution in [-0.4, -0.2) is 16.3 Å². The first kappa shape index (κ1) is 13.7. The molecule has 0 saturated carbocycles. The van der Waals surface area contributed by atoms with E-state index in [0.717, 1.165) is 18.1 Å². The Morgan fingerprint density at radius 3 is 2.63 bits per heavy atom. The number of para-hydroxylation sites is 1. The Morgan fingerprint density at radius 2 is 2.00 bits per heavy atom. The van der Waals surface area contributed by atoms with E-state index in [1.165, 1.54) is 4.68 Å². The Balaban J connectivity index is 1.90. The van der Waals surface area contributed by atoms with E-state index in [9.17, 15) is 13.2 Å². The summed E-state index contributed by atoms with van der Waals surface area (Å²) in [5, 5.41) is 7.26. The van der Waals surface area contributed by atoms with Gasteiger partial charge in [-0.15, -0.1) is 0 Å².